The number of carbonyl (C=O) groups excluding carboxylic acids is 1. The van der Waals surface area contributed by atoms with Crippen LogP contribution in [-0.4, -0.2) is 19.4 Å². The zero-order valence-corrected chi connectivity index (χ0v) is 14.9. The monoisotopic (exact) mass is 373 g/mol. The average molecular weight is 373 g/mol. The molecule has 2 aromatic rings. The second-order valence-electron chi connectivity index (χ2n) is 6.68. The molecule has 0 fully saturated rings. The molecule has 0 atom stereocenters. The average Bonchev–Trinajstić information content (AvgIpc) is 3.23. The predicted molar refractivity (Wildman–Crippen MR) is 96.9 cm³/mol. The van der Waals surface area contributed by atoms with Crippen LogP contribution in [-0.2, 0) is 35.7 Å². The van der Waals surface area contributed by atoms with E-state index in [4.69, 9.17) is 0 Å². The van der Waals surface area contributed by atoms with E-state index in [1.807, 2.05) is 4.72 Å². The Morgan fingerprint density at radius 2 is 1.65 bits per heavy atom. The number of aromatic amines is 1. The van der Waals surface area contributed by atoms with Crippen molar-refractivity contribution in [2.24, 2.45) is 0 Å². The number of carbonyl (C=O) groups is 1. The number of sulfonamides is 1. The molecule has 0 radical (unpaired) electrons. The van der Waals surface area contributed by atoms with E-state index < -0.39 is 21.6 Å². The minimum Gasteiger partial charge on any atom is -0.329 e. The maximum Gasteiger partial charge on any atom is 0.333 e. The molecule has 7 nitrogen and oxygen atoms in total. The number of pyridine rings is 1. The molecule has 26 heavy (non-hydrogen) atoms. The summed E-state index contributed by atoms with van der Waals surface area (Å²) in [4.78, 5) is 25.8. The predicted octanol–water partition coefficient (Wildman–Crippen LogP) is 1.86. The summed E-state index contributed by atoms with van der Waals surface area (Å²) in [5.74, 6) is 0. The molecule has 0 saturated heterocycles. The second kappa shape index (κ2) is 6.28. The van der Waals surface area contributed by atoms with Gasteiger partial charge in [0.05, 0.1) is 4.90 Å². The van der Waals surface area contributed by atoms with Gasteiger partial charge in [-0.3, -0.25) is 4.79 Å². The van der Waals surface area contributed by atoms with E-state index in [-0.39, 0.29) is 4.90 Å². The summed E-state index contributed by atoms with van der Waals surface area (Å²) >= 11 is 0. The van der Waals surface area contributed by atoms with E-state index >= 15 is 0 Å². The number of hydrogen-bond donors (Lipinski definition) is 3. The molecule has 1 aromatic carbocycles. The van der Waals surface area contributed by atoms with Crippen LogP contribution in [0.1, 0.15) is 35.1 Å². The highest BCUT2D eigenvalue weighted by molar-refractivity contribution is 7.90. The van der Waals surface area contributed by atoms with Crippen LogP contribution in [0.15, 0.2) is 34.1 Å². The van der Waals surface area contributed by atoms with Gasteiger partial charge in [-0.1, -0.05) is 6.07 Å². The fourth-order valence-corrected chi connectivity index (χ4v) is 4.80. The molecule has 136 valence electrons. The Labute approximate surface area is 150 Å². The molecule has 4 rings (SSSR count). The van der Waals surface area contributed by atoms with Crippen LogP contribution in [0, 0.1) is 0 Å². The van der Waals surface area contributed by atoms with Crippen LogP contribution >= 0.6 is 0 Å². The third-order valence-electron chi connectivity index (χ3n) is 5.00. The zero-order chi connectivity index (χ0) is 18.3. The van der Waals surface area contributed by atoms with E-state index in [0.717, 1.165) is 61.4 Å². The molecule has 1 heterocycles. The van der Waals surface area contributed by atoms with Crippen LogP contribution < -0.4 is 15.6 Å². The van der Waals surface area contributed by atoms with Crippen molar-refractivity contribution >= 4 is 21.7 Å². The third-order valence-corrected chi connectivity index (χ3v) is 6.32. The molecular weight excluding hydrogens is 354 g/mol. The maximum absolute atomic E-state index is 12.4. The lowest BCUT2D eigenvalue weighted by molar-refractivity contribution is 0.256. The minimum absolute atomic E-state index is 0.250. The quantitative estimate of drug-likeness (QED) is 0.763. The molecule has 0 bridgehead atoms. The minimum atomic E-state index is -4.11. The largest absolute Gasteiger partial charge is 0.333 e. The Balaban J connectivity index is 1.61. The summed E-state index contributed by atoms with van der Waals surface area (Å²) < 4.78 is 26.7. The number of hydrogen-bond acceptors (Lipinski definition) is 4. The summed E-state index contributed by atoms with van der Waals surface area (Å²) in [5.41, 5.74) is 4.96. The topological polar surface area (TPSA) is 108 Å². The van der Waals surface area contributed by atoms with E-state index in [0.29, 0.717) is 0 Å². The van der Waals surface area contributed by atoms with Gasteiger partial charge in [-0.05, 0) is 66.8 Å². The molecular formula is C18H19N3O4S. The number of benzene rings is 1. The van der Waals surface area contributed by atoms with Crippen molar-refractivity contribution in [1.29, 1.82) is 0 Å². The van der Waals surface area contributed by atoms with Crippen LogP contribution in [0.5, 0.6) is 0 Å². The van der Waals surface area contributed by atoms with E-state index in [9.17, 15) is 18.0 Å². The molecule has 3 N–H and O–H groups in total. The van der Waals surface area contributed by atoms with Gasteiger partial charge >= 0.3 is 6.03 Å². The summed E-state index contributed by atoms with van der Waals surface area (Å²) in [7, 11) is -4.11. The highest BCUT2D eigenvalue weighted by Crippen LogP contribution is 2.38. The SMILES string of the molecule is O=C(Nc1c2c(cc3c1CCC3)CCC2)NS(=O)(=O)c1cc[nH]c(=O)c1. The second-order valence-corrected chi connectivity index (χ2v) is 8.36. The number of aromatic nitrogens is 1. The lowest BCUT2D eigenvalue weighted by atomic mass is 9.99. The van der Waals surface area contributed by atoms with Crippen molar-refractivity contribution < 1.29 is 13.2 Å². The molecule has 0 aliphatic heterocycles. The standard InChI is InChI=1S/C18H19N3O4S/c22-16-10-13(7-8-19-16)26(24,25)21-18(23)20-17-14-5-1-3-11(14)9-12-4-2-6-15(12)17/h7-10H,1-6H2,(H,19,22)(H2,20,21,23). The van der Waals surface area contributed by atoms with Gasteiger partial charge in [-0.2, -0.15) is 0 Å². The Hall–Kier alpha value is -2.61. The highest BCUT2D eigenvalue weighted by Gasteiger charge is 2.26. The van der Waals surface area contributed by atoms with Crippen molar-refractivity contribution in [2.75, 3.05) is 5.32 Å². The first-order valence-electron chi connectivity index (χ1n) is 8.63. The number of rotatable bonds is 3. The van der Waals surface area contributed by atoms with Crippen LogP contribution in [0.3, 0.4) is 0 Å². The van der Waals surface area contributed by atoms with Gasteiger partial charge < -0.3 is 10.3 Å². The Morgan fingerprint density at radius 1 is 1.00 bits per heavy atom. The maximum atomic E-state index is 12.4. The first-order valence-corrected chi connectivity index (χ1v) is 10.1. The summed E-state index contributed by atoms with van der Waals surface area (Å²) in [6.45, 7) is 0. The van der Waals surface area contributed by atoms with Crippen molar-refractivity contribution in [1.82, 2.24) is 9.71 Å². The smallest absolute Gasteiger partial charge is 0.329 e. The van der Waals surface area contributed by atoms with Crippen LogP contribution in [0.2, 0.25) is 0 Å². The Kier molecular flexibility index (Phi) is 4.07. The van der Waals surface area contributed by atoms with Crippen molar-refractivity contribution in [3.05, 3.63) is 57.0 Å². The number of H-pyrrole nitrogens is 1. The molecule has 0 saturated carbocycles. The van der Waals surface area contributed by atoms with Gasteiger partial charge in [0.15, 0.2) is 0 Å². The molecule has 2 aliphatic carbocycles. The number of aryl methyl sites for hydroxylation is 2. The molecule has 1 aromatic heterocycles. The summed E-state index contributed by atoms with van der Waals surface area (Å²) in [5, 5.41) is 2.77. The van der Waals surface area contributed by atoms with E-state index in [1.165, 1.54) is 23.4 Å². The molecule has 0 spiro atoms. The number of nitrogens with one attached hydrogen (secondary N) is 3. The molecule has 8 heteroatoms. The Morgan fingerprint density at radius 3 is 2.27 bits per heavy atom. The van der Waals surface area contributed by atoms with Gasteiger partial charge in [-0.15, -0.1) is 0 Å². The van der Waals surface area contributed by atoms with Gasteiger partial charge in [0.1, 0.15) is 0 Å². The molecule has 2 amide bonds. The zero-order valence-electron chi connectivity index (χ0n) is 14.1. The third kappa shape index (κ3) is 3.01. The Bertz CT molecular complexity index is 1020. The van der Waals surface area contributed by atoms with Crippen LogP contribution in [0.4, 0.5) is 10.5 Å². The van der Waals surface area contributed by atoms with Crippen molar-refractivity contribution in [2.45, 2.75) is 43.4 Å². The van der Waals surface area contributed by atoms with E-state index in [2.05, 4.69) is 16.4 Å². The lowest BCUT2D eigenvalue weighted by Gasteiger charge is -2.16. The van der Waals surface area contributed by atoms with Crippen molar-refractivity contribution in [3.8, 4) is 0 Å². The van der Waals surface area contributed by atoms with Gasteiger partial charge in [0.2, 0.25) is 5.56 Å². The normalized spacial score (nSPS) is 15.4. The number of urea groups is 1. The number of anilines is 1. The molecule has 0 unspecified atom stereocenters. The van der Waals surface area contributed by atoms with Gasteiger partial charge in [0.25, 0.3) is 10.0 Å². The number of fused-ring (bicyclic) bond motifs is 2. The van der Waals surface area contributed by atoms with Crippen LogP contribution in [0.25, 0.3) is 0 Å². The number of amides is 2. The highest BCUT2D eigenvalue weighted by atomic mass is 32.2. The first-order chi connectivity index (χ1) is 12.4. The summed E-state index contributed by atoms with van der Waals surface area (Å²) in [6, 6.07) is 3.60. The molecule has 2 aliphatic rings. The summed E-state index contributed by atoms with van der Waals surface area (Å²) in [6.07, 6.45) is 7.07. The van der Waals surface area contributed by atoms with Crippen molar-refractivity contribution in [3.63, 3.8) is 0 Å². The van der Waals surface area contributed by atoms with Gasteiger partial charge in [-0.25, -0.2) is 17.9 Å². The lowest BCUT2D eigenvalue weighted by Crippen LogP contribution is -2.35. The van der Waals surface area contributed by atoms with Gasteiger partial charge in [0, 0.05) is 18.0 Å². The fourth-order valence-electron chi connectivity index (χ4n) is 3.88. The first kappa shape index (κ1) is 16.8. The van der Waals surface area contributed by atoms with E-state index in [1.54, 1.807) is 0 Å². The fraction of sp³-hybridized carbons (Fsp3) is 0.333.